The van der Waals surface area contributed by atoms with Gasteiger partial charge in [0.1, 0.15) is 11.5 Å². The molecular formula is C16H16O4. The van der Waals surface area contributed by atoms with Crippen molar-refractivity contribution in [3.63, 3.8) is 0 Å². The molecule has 0 bridgehead atoms. The summed E-state index contributed by atoms with van der Waals surface area (Å²) in [5.74, 6) is 0.363. The predicted molar refractivity (Wildman–Crippen MR) is 75.6 cm³/mol. The SMILES string of the molecule is COc1ccc(C=CC(=O)C2C=CC(=O)CC2)c(O)c1. The molecule has 0 saturated heterocycles. The van der Waals surface area contributed by atoms with E-state index in [1.807, 2.05) is 0 Å². The first-order valence-electron chi connectivity index (χ1n) is 6.40. The van der Waals surface area contributed by atoms with Crippen molar-refractivity contribution in [3.05, 3.63) is 42.0 Å². The van der Waals surface area contributed by atoms with Crippen LogP contribution in [0.15, 0.2) is 36.4 Å². The van der Waals surface area contributed by atoms with Gasteiger partial charge < -0.3 is 9.84 Å². The number of carbonyl (C=O) groups is 2. The van der Waals surface area contributed by atoms with Crippen LogP contribution in [-0.4, -0.2) is 23.8 Å². The van der Waals surface area contributed by atoms with Gasteiger partial charge in [-0.25, -0.2) is 0 Å². The van der Waals surface area contributed by atoms with Crippen LogP contribution in [-0.2, 0) is 9.59 Å². The summed E-state index contributed by atoms with van der Waals surface area (Å²) in [7, 11) is 1.52. The minimum absolute atomic E-state index is 0.0581. The van der Waals surface area contributed by atoms with E-state index in [1.165, 1.54) is 25.3 Å². The minimum Gasteiger partial charge on any atom is -0.507 e. The Hall–Kier alpha value is -2.36. The molecule has 1 aliphatic carbocycles. The summed E-state index contributed by atoms with van der Waals surface area (Å²) in [4.78, 5) is 23.0. The summed E-state index contributed by atoms with van der Waals surface area (Å²) < 4.78 is 4.99. The van der Waals surface area contributed by atoms with Crippen LogP contribution in [0.2, 0.25) is 0 Å². The summed E-state index contributed by atoms with van der Waals surface area (Å²) in [6, 6.07) is 4.88. The number of allylic oxidation sites excluding steroid dienone is 3. The number of benzene rings is 1. The van der Waals surface area contributed by atoms with E-state index in [0.29, 0.717) is 24.2 Å². The van der Waals surface area contributed by atoms with Gasteiger partial charge in [0.15, 0.2) is 11.6 Å². The van der Waals surface area contributed by atoms with Crippen LogP contribution in [0.3, 0.4) is 0 Å². The number of ether oxygens (including phenoxy) is 1. The first kappa shape index (κ1) is 14.1. The molecule has 2 rings (SSSR count). The molecule has 4 heteroatoms. The summed E-state index contributed by atoms with van der Waals surface area (Å²) in [6.07, 6.45) is 7.08. The lowest BCUT2D eigenvalue weighted by molar-refractivity contribution is -0.118. The van der Waals surface area contributed by atoms with E-state index in [2.05, 4.69) is 0 Å². The monoisotopic (exact) mass is 272 g/mol. The molecule has 0 aromatic heterocycles. The number of carbonyl (C=O) groups excluding carboxylic acids is 2. The van der Waals surface area contributed by atoms with E-state index >= 15 is 0 Å². The van der Waals surface area contributed by atoms with E-state index in [4.69, 9.17) is 4.74 Å². The van der Waals surface area contributed by atoms with Gasteiger partial charge in [0, 0.05) is 24.0 Å². The highest BCUT2D eigenvalue weighted by Gasteiger charge is 2.18. The zero-order chi connectivity index (χ0) is 14.5. The fourth-order valence-electron chi connectivity index (χ4n) is 2.02. The second-order valence-corrected chi connectivity index (χ2v) is 4.63. The molecule has 0 radical (unpaired) electrons. The Morgan fingerprint density at radius 2 is 2.25 bits per heavy atom. The van der Waals surface area contributed by atoms with E-state index in [1.54, 1.807) is 24.3 Å². The number of aromatic hydroxyl groups is 1. The Morgan fingerprint density at radius 1 is 1.45 bits per heavy atom. The Morgan fingerprint density at radius 3 is 2.85 bits per heavy atom. The molecule has 0 aliphatic heterocycles. The quantitative estimate of drug-likeness (QED) is 0.855. The number of hydrogen-bond acceptors (Lipinski definition) is 4. The summed E-state index contributed by atoms with van der Waals surface area (Å²) >= 11 is 0. The van der Waals surface area contributed by atoms with Crippen LogP contribution < -0.4 is 4.74 Å². The number of hydrogen-bond donors (Lipinski definition) is 1. The van der Waals surface area contributed by atoms with Gasteiger partial charge in [-0.2, -0.15) is 0 Å². The lowest BCUT2D eigenvalue weighted by Crippen LogP contribution is -2.15. The first-order chi connectivity index (χ1) is 9.60. The third-order valence-corrected chi connectivity index (χ3v) is 3.25. The largest absolute Gasteiger partial charge is 0.507 e. The molecule has 0 spiro atoms. The average Bonchev–Trinajstić information content (AvgIpc) is 2.46. The van der Waals surface area contributed by atoms with Gasteiger partial charge in [0.2, 0.25) is 0 Å². The van der Waals surface area contributed by atoms with Crippen molar-refractivity contribution >= 4 is 17.6 Å². The van der Waals surface area contributed by atoms with Crippen molar-refractivity contribution in [1.29, 1.82) is 0 Å². The number of phenolic OH excluding ortho intramolecular Hbond substituents is 1. The maximum atomic E-state index is 12.0. The fourth-order valence-corrected chi connectivity index (χ4v) is 2.02. The van der Waals surface area contributed by atoms with Gasteiger partial charge in [-0.15, -0.1) is 0 Å². The van der Waals surface area contributed by atoms with E-state index in [-0.39, 0.29) is 23.2 Å². The van der Waals surface area contributed by atoms with Crippen molar-refractivity contribution in [2.75, 3.05) is 7.11 Å². The molecule has 1 aromatic carbocycles. The fraction of sp³-hybridized carbons (Fsp3) is 0.250. The molecule has 20 heavy (non-hydrogen) atoms. The second-order valence-electron chi connectivity index (χ2n) is 4.63. The number of ketones is 2. The maximum absolute atomic E-state index is 12.0. The normalized spacial score (nSPS) is 18.4. The van der Waals surface area contributed by atoms with Gasteiger partial charge >= 0.3 is 0 Å². The Labute approximate surface area is 117 Å². The lowest BCUT2D eigenvalue weighted by atomic mass is 9.91. The van der Waals surface area contributed by atoms with Crippen molar-refractivity contribution in [1.82, 2.24) is 0 Å². The summed E-state index contributed by atoms with van der Waals surface area (Å²) in [6.45, 7) is 0. The number of phenols is 1. The van der Waals surface area contributed by atoms with Crippen LogP contribution in [0.5, 0.6) is 11.5 Å². The van der Waals surface area contributed by atoms with Gasteiger partial charge in [0.25, 0.3) is 0 Å². The van der Waals surface area contributed by atoms with Crippen molar-refractivity contribution < 1.29 is 19.4 Å². The molecule has 1 unspecified atom stereocenters. The molecule has 1 aromatic rings. The second kappa shape index (κ2) is 6.19. The minimum atomic E-state index is -0.246. The van der Waals surface area contributed by atoms with Crippen LogP contribution in [0.4, 0.5) is 0 Å². The standard InChI is InChI=1S/C16H16O4/c1-20-14-8-4-12(16(19)10-14)5-9-15(18)11-2-6-13(17)7-3-11/h2,4-6,8-11,19H,3,7H2,1H3. The average molecular weight is 272 g/mol. The molecule has 1 aliphatic rings. The highest BCUT2D eigenvalue weighted by molar-refractivity contribution is 5.99. The Bertz CT molecular complexity index is 584. The lowest BCUT2D eigenvalue weighted by Gasteiger charge is -2.12. The topological polar surface area (TPSA) is 63.6 Å². The third-order valence-electron chi connectivity index (χ3n) is 3.25. The van der Waals surface area contributed by atoms with Crippen LogP contribution >= 0.6 is 0 Å². The van der Waals surface area contributed by atoms with Gasteiger partial charge in [-0.05, 0) is 36.8 Å². The zero-order valence-corrected chi connectivity index (χ0v) is 11.2. The molecule has 1 atom stereocenters. The summed E-state index contributed by atoms with van der Waals surface area (Å²) in [5, 5.41) is 9.78. The van der Waals surface area contributed by atoms with Crippen LogP contribution in [0.1, 0.15) is 18.4 Å². The maximum Gasteiger partial charge on any atom is 0.162 e. The molecule has 0 amide bonds. The molecule has 104 valence electrons. The van der Waals surface area contributed by atoms with E-state index in [9.17, 15) is 14.7 Å². The van der Waals surface area contributed by atoms with Gasteiger partial charge in [0.05, 0.1) is 7.11 Å². The Kier molecular flexibility index (Phi) is 4.35. The van der Waals surface area contributed by atoms with E-state index in [0.717, 1.165) is 0 Å². The number of rotatable bonds is 4. The first-order valence-corrected chi connectivity index (χ1v) is 6.40. The molecule has 0 heterocycles. The van der Waals surface area contributed by atoms with Crippen molar-refractivity contribution in [2.24, 2.45) is 5.92 Å². The molecule has 0 saturated carbocycles. The highest BCUT2D eigenvalue weighted by Crippen LogP contribution is 2.25. The number of methoxy groups -OCH3 is 1. The molecule has 1 N–H and O–H groups in total. The van der Waals surface area contributed by atoms with Crippen LogP contribution in [0.25, 0.3) is 6.08 Å². The molecule has 0 fully saturated rings. The molecular weight excluding hydrogens is 256 g/mol. The van der Waals surface area contributed by atoms with Crippen LogP contribution in [0, 0.1) is 5.92 Å². The van der Waals surface area contributed by atoms with Crippen molar-refractivity contribution in [2.45, 2.75) is 12.8 Å². The zero-order valence-electron chi connectivity index (χ0n) is 11.2. The van der Waals surface area contributed by atoms with E-state index < -0.39 is 0 Å². The van der Waals surface area contributed by atoms with Crippen molar-refractivity contribution in [3.8, 4) is 11.5 Å². The highest BCUT2D eigenvalue weighted by atomic mass is 16.5. The molecule has 4 nitrogen and oxygen atoms in total. The summed E-state index contributed by atoms with van der Waals surface area (Å²) in [5.41, 5.74) is 0.551. The third kappa shape index (κ3) is 3.35. The van der Waals surface area contributed by atoms with Gasteiger partial charge in [-0.1, -0.05) is 6.08 Å². The smallest absolute Gasteiger partial charge is 0.162 e. The Balaban J connectivity index is 2.07. The predicted octanol–water partition coefficient (Wildman–Crippen LogP) is 2.52. The van der Waals surface area contributed by atoms with Gasteiger partial charge in [-0.3, -0.25) is 9.59 Å².